The number of aliphatic imine (C=N–C) groups is 1. The van der Waals surface area contributed by atoms with Crippen LogP contribution in [0.4, 0.5) is 5.82 Å². The SMILES string of the molecule is CN=C(Nc1c(Br)cnn1-c1ccccc1)c1ccccc1. The highest BCUT2D eigenvalue weighted by Gasteiger charge is 2.13. The van der Waals surface area contributed by atoms with E-state index in [0.29, 0.717) is 0 Å². The summed E-state index contributed by atoms with van der Waals surface area (Å²) in [6.45, 7) is 0. The summed E-state index contributed by atoms with van der Waals surface area (Å²) in [7, 11) is 1.77. The average molecular weight is 355 g/mol. The molecule has 4 nitrogen and oxygen atoms in total. The molecule has 1 N–H and O–H groups in total. The minimum Gasteiger partial charge on any atom is -0.324 e. The van der Waals surface area contributed by atoms with Gasteiger partial charge >= 0.3 is 0 Å². The number of hydrogen-bond acceptors (Lipinski definition) is 2. The number of rotatable bonds is 3. The number of nitrogens with zero attached hydrogens (tertiary/aromatic N) is 3. The van der Waals surface area contributed by atoms with E-state index in [1.54, 1.807) is 13.2 Å². The Balaban J connectivity index is 1.98. The van der Waals surface area contributed by atoms with Gasteiger partial charge in [0.1, 0.15) is 11.7 Å². The second-order valence-electron chi connectivity index (χ2n) is 4.65. The third-order valence-corrected chi connectivity index (χ3v) is 3.81. The lowest BCUT2D eigenvalue weighted by atomic mass is 10.2. The molecule has 5 heteroatoms. The average Bonchev–Trinajstić information content (AvgIpc) is 2.95. The van der Waals surface area contributed by atoms with E-state index in [4.69, 9.17) is 0 Å². The first-order valence-corrected chi connectivity index (χ1v) is 7.67. The highest BCUT2D eigenvalue weighted by molar-refractivity contribution is 9.10. The summed E-state index contributed by atoms with van der Waals surface area (Å²) in [4.78, 5) is 4.35. The van der Waals surface area contributed by atoms with Crippen LogP contribution in [0.1, 0.15) is 5.56 Å². The Hall–Kier alpha value is -2.40. The van der Waals surface area contributed by atoms with Gasteiger partial charge in [-0.2, -0.15) is 5.10 Å². The molecule has 3 rings (SSSR count). The van der Waals surface area contributed by atoms with E-state index in [1.807, 2.05) is 65.3 Å². The van der Waals surface area contributed by atoms with E-state index in [9.17, 15) is 0 Å². The van der Waals surface area contributed by atoms with E-state index >= 15 is 0 Å². The molecular formula is C17H15BrN4. The van der Waals surface area contributed by atoms with Gasteiger partial charge in [0.2, 0.25) is 0 Å². The summed E-state index contributed by atoms with van der Waals surface area (Å²) in [5.74, 6) is 1.63. The maximum Gasteiger partial charge on any atom is 0.149 e. The second-order valence-corrected chi connectivity index (χ2v) is 5.51. The summed E-state index contributed by atoms with van der Waals surface area (Å²) < 4.78 is 2.73. The zero-order chi connectivity index (χ0) is 15.4. The lowest BCUT2D eigenvalue weighted by Crippen LogP contribution is -2.16. The van der Waals surface area contributed by atoms with E-state index < -0.39 is 0 Å². The predicted octanol–water partition coefficient (Wildman–Crippen LogP) is 4.12. The molecule has 0 amide bonds. The van der Waals surface area contributed by atoms with Crippen molar-refractivity contribution in [2.45, 2.75) is 0 Å². The summed E-state index contributed by atoms with van der Waals surface area (Å²) in [5, 5.41) is 7.78. The lowest BCUT2D eigenvalue weighted by molar-refractivity contribution is 0.889. The molecule has 0 fully saturated rings. The summed E-state index contributed by atoms with van der Waals surface area (Å²) in [6, 6.07) is 20.0. The maximum atomic E-state index is 4.42. The van der Waals surface area contributed by atoms with Crippen molar-refractivity contribution in [1.82, 2.24) is 9.78 Å². The zero-order valence-electron chi connectivity index (χ0n) is 12.1. The zero-order valence-corrected chi connectivity index (χ0v) is 13.7. The number of halogens is 1. The highest BCUT2D eigenvalue weighted by Crippen LogP contribution is 2.25. The molecule has 1 heterocycles. The fraction of sp³-hybridized carbons (Fsp3) is 0.0588. The van der Waals surface area contributed by atoms with Crippen LogP contribution in [0.3, 0.4) is 0 Å². The van der Waals surface area contributed by atoms with Gasteiger partial charge in [-0.1, -0.05) is 48.5 Å². The molecule has 3 aromatic rings. The van der Waals surface area contributed by atoms with Gasteiger partial charge in [0.15, 0.2) is 0 Å². The van der Waals surface area contributed by atoms with E-state index in [0.717, 1.165) is 27.4 Å². The minimum atomic E-state index is 0.791. The molecule has 0 saturated heterocycles. The van der Waals surface area contributed by atoms with Crippen molar-refractivity contribution in [3.8, 4) is 5.69 Å². The quantitative estimate of drug-likeness (QED) is 0.567. The molecule has 0 aliphatic rings. The van der Waals surface area contributed by atoms with Crippen molar-refractivity contribution in [3.63, 3.8) is 0 Å². The van der Waals surface area contributed by atoms with Gasteiger partial charge in [-0.25, -0.2) is 4.68 Å². The van der Waals surface area contributed by atoms with Crippen LogP contribution in [0.25, 0.3) is 5.69 Å². The van der Waals surface area contributed by atoms with Crippen LogP contribution in [-0.2, 0) is 0 Å². The van der Waals surface area contributed by atoms with Crippen LogP contribution in [0.5, 0.6) is 0 Å². The maximum absolute atomic E-state index is 4.42. The van der Waals surface area contributed by atoms with E-state index in [1.165, 1.54) is 0 Å². The molecule has 0 spiro atoms. The standard InChI is InChI=1S/C17H15BrN4/c1-19-16(13-8-4-2-5-9-13)21-17-15(18)12-20-22(17)14-10-6-3-7-11-14/h2-12H,1H3,(H,19,21). The van der Waals surface area contributed by atoms with Gasteiger partial charge in [0.25, 0.3) is 0 Å². The largest absolute Gasteiger partial charge is 0.324 e. The molecule has 0 atom stereocenters. The summed E-state index contributed by atoms with van der Waals surface area (Å²) in [5.41, 5.74) is 2.01. The number of nitrogens with one attached hydrogen (secondary N) is 1. The van der Waals surface area contributed by atoms with Crippen molar-refractivity contribution < 1.29 is 0 Å². The number of anilines is 1. The monoisotopic (exact) mass is 354 g/mol. The second kappa shape index (κ2) is 6.58. The Bertz CT molecular complexity index is 779. The molecule has 110 valence electrons. The molecule has 0 radical (unpaired) electrons. The van der Waals surface area contributed by atoms with Crippen LogP contribution >= 0.6 is 15.9 Å². The van der Waals surface area contributed by atoms with Gasteiger partial charge in [0, 0.05) is 12.6 Å². The van der Waals surface area contributed by atoms with Crippen molar-refractivity contribution in [3.05, 3.63) is 76.9 Å². The van der Waals surface area contributed by atoms with Crippen LogP contribution < -0.4 is 5.32 Å². The lowest BCUT2D eigenvalue weighted by Gasteiger charge is -2.12. The smallest absolute Gasteiger partial charge is 0.149 e. The highest BCUT2D eigenvalue weighted by atomic mass is 79.9. The Morgan fingerprint density at radius 3 is 2.32 bits per heavy atom. The number of aromatic nitrogens is 2. The number of hydrogen-bond donors (Lipinski definition) is 1. The Morgan fingerprint density at radius 1 is 1.05 bits per heavy atom. The first-order chi connectivity index (χ1) is 10.8. The fourth-order valence-corrected chi connectivity index (χ4v) is 2.53. The first-order valence-electron chi connectivity index (χ1n) is 6.88. The van der Waals surface area contributed by atoms with Gasteiger partial charge in [0.05, 0.1) is 16.4 Å². The molecule has 0 unspecified atom stereocenters. The van der Waals surface area contributed by atoms with Crippen LogP contribution in [-0.4, -0.2) is 22.7 Å². The topological polar surface area (TPSA) is 42.2 Å². The summed E-state index contributed by atoms with van der Waals surface area (Å²) in [6.07, 6.45) is 1.77. The molecule has 0 aliphatic carbocycles. The first kappa shape index (κ1) is 14.5. The molecule has 1 aromatic heterocycles. The van der Waals surface area contributed by atoms with Crippen LogP contribution in [0, 0.1) is 0 Å². The van der Waals surface area contributed by atoms with Crippen molar-refractivity contribution in [2.24, 2.45) is 4.99 Å². The Kier molecular flexibility index (Phi) is 4.34. The molecular weight excluding hydrogens is 340 g/mol. The fourth-order valence-electron chi connectivity index (χ4n) is 2.17. The van der Waals surface area contributed by atoms with E-state index in [-0.39, 0.29) is 0 Å². The normalized spacial score (nSPS) is 11.5. The molecule has 0 saturated carbocycles. The molecule has 0 bridgehead atoms. The van der Waals surface area contributed by atoms with Gasteiger partial charge in [-0.15, -0.1) is 0 Å². The molecule has 22 heavy (non-hydrogen) atoms. The Labute approximate surface area is 137 Å². The number of amidine groups is 1. The summed E-state index contributed by atoms with van der Waals surface area (Å²) >= 11 is 3.54. The van der Waals surface area contributed by atoms with Gasteiger partial charge in [-0.3, -0.25) is 4.99 Å². The van der Waals surface area contributed by atoms with E-state index in [2.05, 4.69) is 31.3 Å². The van der Waals surface area contributed by atoms with Crippen LogP contribution in [0.2, 0.25) is 0 Å². The molecule has 2 aromatic carbocycles. The van der Waals surface area contributed by atoms with Gasteiger partial charge in [-0.05, 0) is 28.1 Å². The van der Waals surface area contributed by atoms with Crippen molar-refractivity contribution in [2.75, 3.05) is 12.4 Å². The van der Waals surface area contributed by atoms with Gasteiger partial charge < -0.3 is 5.32 Å². The van der Waals surface area contributed by atoms with Crippen LogP contribution in [0.15, 0.2) is 76.3 Å². The third-order valence-electron chi connectivity index (χ3n) is 3.23. The van der Waals surface area contributed by atoms with Crippen molar-refractivity contribution in [1.29, 1.82) is 0 Å². The number of para-hydroxylation sites is 1. The minimum absolute atomic E-state index is 0.791. The Morgan fingerprint density at radius 2 is 1.68 bits per heavy atom. The molecule has 0 aliphatic heterocycles. The number of benzene rings is 2. The van der Waals surface area contributed by atoms with Crippen molar-refractivity contribution >= 4 is 27.6 Å². The third kappa shape index (κ3) is 2.94. The predicted molar refractivity (Wildman–Crippen MR) is 93.8 cm³/mol.